The van der Waals surface area contributed by atoms with Crippen LogP contribution in [0.5, 0.6) is 0 Å². The molecule has 47 heavy (non-hydrogen) atoms. The standard InChI is InChI=1S/C38H43ClN6O2/c1-24-15-16-29(33(19-24)45-20-26(41-42-45)17-18-43-22-37(3,4)47-38(5,6)23-43)36(46)44-21-30(27-11-7-9-13-31(27)39)34-28-12-8-10-14-32(28)40-35(34)25(44)2/h7-16,19-20,25,30,40H,17-18,21-23H2,1-6H3. The van der Waals surface area contributed by atoms with Gasteiger partial charge in [0.25, 0.3) is 5.91 Å². The Morgan fingerprint density at radius 2 is 1.74 bits per heavy atom. The van der Waals surface area contributed by atoms with E-state index in [9.17, 15) is 4.79 Å². The summed E-state index contributed by atoms with van der Waals surface area (Å²) in [6, 6.07) is 22.1. The Labute approximate surface area is 281 Å². The zero-order valence-corrected chi connectivity index (χ0v) is 28.8. The summed E-state index contributed by atoms with van der Waals surface area (Å²) >= 11 is 6.81. The van der Waals surface area contributed by atoms with Crippen molar-refractivity contribution in [2.75, 3.05) is 26.2 Å². The Morgan fingerprint density at radius 1 is 1.02 bits per heavy atom. The maximum absolute atomic E-state index is 14.7. The van der Waals surface area contributed by atoms with Gasteiger partial charge >= 0.3 is 0 Å². The normalized spacial score (nSPS) is 20.8. The summed E-state index contributed by atoms with van der Waals surface area (Å²) in [5, 5.41) is 10.9. The highest BCUT2D eigenvalue weighted by molar-refractivity contribution is 6.31. The van der Waals surface area contributed by atoms with Crippen LogP contribution in [0.3, 0.4) is 0 Å². The van der Waals surface area contributed by atoms with Crippen LogP contribution in [0.2, 0.25) is 5.02 Å². The summed E-state index contributed by atoms with van der Waals surface area (Å²) in [6.45, 7) is 15.8. The number of aryl methyl sites for hydroxylation is 1. The number of benzene rings is 3. The van der Waals surface area contributed by atoms with E-state index in [2.05, 4.69) is 79.1 Å². The molecule has 0 aliphatic carbocycles. The highest BCUT2D eigenvalue weighted by atomic mass is 35.5. The molecule has 2 aliphatic rings. The van der Waals surface area contributed by atoms with Gasteiger partial charge in [0.2, 0.25) is 0 Å². The Balaban J connectivity index is 1.20. The van der Waals surface area contributed by atoms with Crippen molar-refractivity contribution in [2.24, 2.45) is 0 Å². The number of fused-ring (bicyclic) bond motifs is 3. The first kappa shape index (κ1) is 31.6. The molecule has 1 amide bonds. The molecule has 8 nitrogen and oxygen atoms in total. The van der Waals surface area contributed by atoms with Gasteiger partial charge in [0.15, 0.2) is 0 Å². The van der Waals surface area contributed by atoms with Crippen molar-refractivity contribution >= 4 is 28.4 Å². The second-order valence-electron chi connectivity index (χ2n) is 14.5. The van der Waals surface area contributed by atoms with Gasteiger partial charge in [-0.1, -0.05) is 59.3 Å². The van der Waals surface area contributed by atoms with E-state index < -0.39 is 0 Å². The van der Waals surface area contributed by atoms with Crippen LogP contribution in [0.1, 0.15) is 85.0 Å². The minimum absolute atomic E-state index is 0.0521. The first-order valence-electron chi connectivity index (χ1n) is 16.5. The average Bonchev–Trinajstić information content (AvgIpc) is 3.65. The number of morpholine rings is 1. The van der Waals surface area contributed by atoms with Crippen LogP contribution in [-0.2, 0) is 11.2 Å². The molecule has 2 aliphatic heterocycles. The van der Waals surface area contributed by atoms with E-state index in [1.807, 2.05) is 60.5 Å². The second kappa shape index (κ2) is 11.9. The molecule has 1 saturated heterocycles. The summed E-state index contributed by atoms with van der Waals surface area (Å²) in [4.78, 5) is 22.7. The highest BCUT2D eigenvalue weighted by Crippen LogP contribution is 2.45. The maximum atomic E-state index is 14.7. The third-order valence-electron chi connectivity index (χ3n) is 9.55. The number of amides is 1. The van der Waals surface area contributed by atoms with Crippen LogP contribution in [0.15, 0.2) is 72.9 Å². The molecular formula is C38H43ClN6O2. The lowest BCUT2D eigenvalue weighted by Crippen LogP contribution is -2.57. The number of aromatic amines is 1. The molecule has 0 spiro atoms. The first-order valence-corrected chi connectivity index (χ1v) is 16.9. The average molecular weight is 651 g/mol. The highest BCUT2D eigenvalue weighted by Gasteiger charge is 2.39. The predicted molar refractivity (Wildman–Crippen MR) is 187 cm³/mol. The van der Waals surface area contributed by atoms with E-state index in [1.54, 1.807) is 4.68 Å². The van der Waals surface area contributed by atoms with Gasteiger partial charge in [0.1, 0.15) is 0 Å². The molecule has 0 saturated carbocycles. The van der Waals surface area contributed by atoms with E-state index in [0.717, 1.165) is 59.8 Å². The van der Waals surface area contributed by atoms with Crippen LogP contribution in [0.25, 0.3) is 16.6 Å². The minimum Gasteiger partial charge on any atom is -0.367 e. The number of para-hydroxylation sites is 1. The molecule has 2 aromatic heterocycles. The molecule has 0 bridgehead atoms. The van der Waals surface area contributed by atoms with Crippen molar-refractivity contribution in [3.8, 4) is 5.69 Å². The number of halogens is 1. The summed E-state index contributed by atoms with van der Waals surface area (Å²) in [6.07, 6.45) is 2.72. The largest absolute Gasteiger partial charge is 0.367 e. The number of hydrogen-bond acceptors (Lipinski definition) is 5. The molecular weight excluding hydrogens is 608 g/mol. The zero-order valence-electron chi connectivity index (χ0n) is 28.0. The number of rotatable bonds is 6. The van der Waals surface area contributed by atoms with Crippen molar-refractivity contribution < 1.29 is 9.53 Å². The van der Waals surface area contributed by atoms with Gasteiger partial charge in [-0.15, -0.1) is 5.10 Å². The van der Waals surface area contributed by atoms with Crippen LogP contribution >= 0.6 is 11.6 Å². The van der Waals surface area contributed by atoms with Gasteiger partial charge in [-0.05, 0) is 82.5 Å². The Bertz CT molecular complexity index is 1940. The Morgan fingerprint density at radius 3 is 2.51 bits per heavy atom. The number of carbonyl (C=O) groups excluding carboxylic acids is 1. The van der Waals surface area contributed by atoms with Crippen molar-refractivity contribution in [2.45, 2.75) is 71.1 Å². The fourth-order valence-corrected chi connectivity index (χ4v) is 8.10. The second-order valence-corrected chi connectivity index (χ2v) is 14.9. The van der Waals surface area contributed by atoms with Gasteiger partial charge in [0.05, 0.1) is 40.4 Å². The van der Waals surface area contributed by atoms with Crippen molar-refractivity contribution in [3.05, 3.63) is 112 Å². The molecule has 1 N–H and O–H groups in total. The molecule has 1 fully saturated rings. The minimum atomic E-state index is -0.208. The lowest BCUT2D eigenvalue weighted by Gasteiger charge is -2.47. The van der Waals surface area contributed by atoms with Crippen LogP contribution < -0.4 is 0 Å². The third kappa shape index (κ3) is 6.10. The lowest BCUT2D eigenvalue weighted by atomic mass is 9.83. The lowest BCUT2D eigenvalue weighted by molar-refractivity contribution is -0.180. The van der Waals surface area contributed by atoms with Crippen molar-refractivity contribution in [1.29, 1.82) is 0 Å². The van der Waals surface area contributed by atoms with Crippen molar-refractivity contribution in [1.82, 2.24) is 29.8 Å². The molecule has 244 valence electrons. The smallest absolute Gasteiger partial charge is 0.256 e. The maximum Gasteiger partial charge on any atom is 0.256 e. The van der Waals surface area contributed by atoms with Gasteiger partial charge < -0.3 is 14.6 Å². The van der Waals surface area contributed by atoms with E-state index in [4.69, 9.17) is 16.3 Å². The molecule has 5 aromatic rings. The summed E-state index contributed by atoms with van der Waals surface area (Å²) in [5.74, 6) is -0.138. The van der Waals surface area contributed by atoms with Gasteiger partial charge in [0, 0.05) is 60.1 Å². The molecule has 9 heteroatoms. The van der Waals surface area contributed by atoms with Crippen LogP contribution in [-0.4, -0.2) is 73.1 Å². The number of nitrogens with one attached hydrogen (secondary N) is 1. The van der Waals surface area contributed by atoms with Crippen LogP contribution in [0, 0.1) is 6.92 Å². The molecule has 4 heterocycles. The fraction of sp³-hybridized carbons (Fsp3) is 0.395. The molecule has 3 aromatic carbocycles. The van der Waals surface area contributed by atoms with Gasteiger partial charge in [-0.25, -0.2) is 4.68 Å². The molecule has 2 atom stereocenters. The molecule has 0 radical (unpaired) electrons. The number of aromatic nitrogens is 4. The number of carbonyl (C=O) groups is 1. The summed E-state index contributed by atoms with van der Waals surface area (Å²) in [7, 11) is 0. The fourth-order valence-electron chi connectivity index (χ4n) is 7.84. The summed E-state index contributed by atoms with van der Waals surface area (Å²) < 4.78 is 8.02. The number of H-pyrrole nitrogens is 1. The monoisotopic (exact) mass is 650 g/mol. The van der Waals surface area contributed by atoms with E-state index in [0.29, 0.717) is 17.1 Å². The first-order chi connectivity index (χ1) is 22.4. The zero-order chi connectivity index (χ0) is 33.1. The Kier molecular flexibility index (Phi) is 8.02. The van der Waals surface area contributed by atoms with Crippen LogP contribution in [0.4, 0.5) is 0 Å². The predicted octanol–water partition coefficient (Wildman–Crippen LogP) is 7.49. The number of nitrogens with zero attached hydrogens (tertiary/aromatic N) is 5. The Hall–Kier alpha value is -3.98. The topological polar surface area (TPSA) is 79.3 Å². The number of ether oxygens (including phenoxy) is 1. The van der Waals surface area contributed by atoms with E-state index in [-0.39, 0.29) is 29.1 Å². The number of hydrogen-bond donors (Lipinski definition) is 1. The van der Waals surface area contributed by atoms with E-state index >= 15 is 0 Å². The van der Waals surface area contributed by atoms with E-state index in [1.165, 1.54) is 10.9 Å². The summed E-state index contributed by atoms with van der Waals surface area (Å²) in [5.41, 5.74) is 7.17. The molecule has 2 unspecified atom stereocenters. The van der Waals surface area contributed by atoms with Gasteiger partial charge in [-0.3, -0.25) is 9.69 Å². The van der Waals surface area contributed by atoms with Gasteiger partial charge in [-0.2, -0.15) is 0 Å². The third-order valence-corrected chi connectivity index (χ3v) is 9.89. The quantitative estimate of drug-likeness (QED) is 0.206. The SMILES string of the molecule is Cc1ccc(C(=O)N2CC(c3ccccc3Cl)c3c([nH]c4ccccc34)C2C)c(-n2cc(CCN3CC(C)(C)OC(C)(C)C3)nn2)c1. The van der Waals surface area contributed by atoms with Crippen molar-refractivity contribution in [3.63, 3.8) is 0 Å². The molecule has 7 rings (SSSR count).